The molecule has 0 spiro atoms. The van der Waals surface area contributed by atoms with Gasteiger partial charge in [0.2, 0.25) is 0 Å². The standard InChI is InChI=1S/C14H19N5O2S/c1-10-7-11(2)17-14(16-10)12-5-4-6-19(12)22(20,21)13-8-18(3)9-15-13/h7-9,12H,4-6H2,1-3H3/t12-/m0/s1. The number of aromatic nitrogens is 4. The highest BCUT2D eigenvalue weighted by Crippen LogP contribution is 2.34. The summed E-state index contributed by atoms with van der Waals surface area (Å²) in [5.41, 5.74) is 1.70. The van der Waals surface area contributed by atoms with Gasteiger partial charge in [-0.2, -0.15) is 4.31 Å². The summed E-state index contributed by atoms with van der Waals surface area (Å²) in [6.45, 7) is 4.26. The Morgan fingerprint density at radius 1 is 1.23 bits per heavy atom. The van der Waals surface area contributed by atoms with Gasteiger partial charge in [-0.05, 0) is 32.8 Å². The summed E-state index contributed by atoms with van der Waals surface area (Å²) in [7, 11) is -1.87. The van der Waals surface area contributed by atoms with Crippen molar-refractivity contribution in [3.63, 3.8) is 0 Å². The van der Waals surface area contributed by atoms with Crippen LogP contribution >= 0.6 is 0 Å². The van der Waals surface area contributed by atoms with Crippen LogP contribution in [0.5, 0.6) is 0 Å². The van der Waals surface area contributed by atoms with E-state index in [1.807, 2.05) is 19.9 Å². The Hall–Kier alpha value is -1.80. The average Bonchev–Trinajstić information content (AvgIpc) is 3.06. The maximum atomic E-state index is 12.8. The van der Waals surface area contributed by atoms with Gasteiger partial charge >= 0.3 is 0 Å². The van der Waals surface area contributed by atoms with Crippen molar-refractivity contribution in [2.24, 2.45) is 7.05 Å². The Kier molecular flexibility index (Phi) is 3.73. The van der Waals surface area contributed by atoms with Crippen molar-refractivity contribution in [3.05, 3.63) is 35.8 Å². The van der Waals surface area contributed by atoms with Crippen LogP contribution in [0.15, 0.2) is 23.6 Å². The Balaban J connectivity index is 1.99. The van der Waals surface area contributed by atoms with E-state index in [1.54, 1.807) is 11.6 Å². The minimum Gasteiger partial charge on any atom is -0.339 e. The molecule has 3 rings (SSSR count). The highest BCUT2D eigenvalue weighted by molar-refractivity contribution is 7.89. The van der Waals surface area contributed by atoms with E-state index in [0.717, 1.165) is 24.2 Å². The Morgan fingerprint density at radius 2 is 1.91 bits per heavy atom. The maximum absolute atomic E-state index is 12.8. The number of hydrogen-bond acceptors (Lipinski definition) is 5. The summed E-state index contributed by atoms with van der Waals surface area (Å²) in [5, 5.41) is 0.0753. The van der Waals surface area contributed by atoms with E-state index in [2.05, 4.69) is 15.0 Å². The van der Waals surface area contributed by atoms with Crippen LogP contribution in [0.1, 0.15) is 36.1 Å². The summed E-state index contributed by atoms with van der Waals surface area (Å²) in [6.07, 6.45) is 4.54. The second-order valence-electron chi connectivity index (χ2n) is 5.66. The lowest BCUT2D eigenvalue weighted by Gasteiger charge is -2.22. The smallest absolute Gasteiger partial charge is 0.262 e. The van der Waals surface area contributed by atoms with Gasteiger partial charge in [-0.1, -0.05) is 0 Å². The monoisotopic (exact) mass is 321 g/mol. The molecule has 0 bridgehead atoms. The molecule has 2 aromatic rings. The van der Waals surface area contributed by atoms with Gasteiger partial charge in [-0.3, -0.25) is 0 Å². The molecule has 3 heterocycles. The fraction of sp³-hybridized carbons (Fsp3) is 0.500. The number of sulfonamides is 1. The molecule has 22 heavy (non-hydrogen) atoms. The van der Waals surface area contributed by atoms with Crippen LogP contribution in [0.3, 0.4) is 0 Å². The van der Waals surface area contributed by atoms with Crippen LogP contribution in [0.4, 0.5) is 0 Å². The molecule has 1 fully saturated rings. The Bertz CT molecular complexity index is 779. The average molecular weight is 321 g/mol. The minimum absolute atomic E-state index is 0.0753. The van der Waals surface area contributed by atoms with Gasteiger partial charge in [-0.15, -0.1) is 0 Å². The van der Waals surface area contributed by atoms with Crippen LogP contribution in [0.2, 0.25) is 0 Å². The third-order valence-corrected chi connectivity index (χ3v) is 5.55. The fourth-order valence-electron chi connectivity index (χ4n) is 2.83. The highest BCUT2D eigenvalue weighted by Gasteiger charge is 2.38. The van der Waals surface area contributed by atoms with E-state index < -0.39 is 10.0 Å². The molecule has 0 radical (unpaired) electrons. The van der Waals surface area contributed by atoms with Crippen LogP contribution < -0.4 is 0 Å². The quantitative estimate of drug-likeness (QED) is 0.852. The largest absolute Gasteiger partial charge is 0.339 e. The summed E-state index contributed by atoms with van der Waals surface area (Å²) in [4.78, 5) is 12.9. The van der Waals surface area contributed by atoms with E-state index in [0.29, 0.717) is 12.4 Å². The molecule has 1 atom stereocenters. The topological polar surface area (TPSA) is 81.0 Å². The van der Waals surface area contributed by atoms with Gasteiger partial charge in [0.15, 0.2) is 5.03 Å². The Labute approximate surface area is 130 Å². The van der Waals surface area contributed by atoms with E-state index >= 15 is 0 Å². The molecule has 0 saturated carbocycles. The number of hydrogen-bond donors (Lipinski definition) is 0. The van der Waals surface area contributed by atoms with Gasteiger partial charge in [0.1, 0.15) is 5.82 Å². The van der Waals surface area contributed by atoms with Crippen molar-refractivity contribution in [1.29, 1.82) is 0 Å². The van der Waals surface area contributed by atoms with Gasteiger partial charge in [0.25, 0.3) is 10.0 Å². The summed E-state index contributed by atoms with van der Waals surface area (Å²) >= 11 is 0. The predicted octanol–water partition coefficient (Wildman–Crippen LogP) is 1.35. The number of aryl methyl sites for hydroxylation is 3. The molecule has 1 aliphatic heterocycles. The van der Waals surface area contributed by atoms with E-state index in [1.165, 1.54) is 16.8 Å². The van der Waals surface area contributed by atoms with Gasteiger partial charge in [0.05, 0.1) is 12.4 Å². The zero-order chi connectivity index (χ0) is 15.9. The van der Waals surface area contributed by atoms with Crippen molar-refractivity contribution >= 4 is 10.0 Å². The highest BCUT2D eigenvalue weighted by atomic mass is 32.2. The van der Waals surface area contributed by atoms with Crippen LogP contribution in [0.25, 0.3) is 0 Å². The molecular formula is C14H19N5O2S. The molecule has 118 valence electrons. The van der Waals surface area contributed by atoms with Gasteiger partial charge < -0.3 is 4.57 Å². The molecule has 1 saturated heterocycles. The lowest BCUT2D eigenvalue weighted by molar-refractivity contribution is 0.381. The van der Waals surface area contributed by atoms with E-state index in [-0.39, 0.29) is 11.1 Å². The lowest BCUT2D eigenvalue weighted by atomic mass is 10.2. The first-order chi connectivity index (χ1) is 10.4. The molecule has 0 aromatic carbocycles. The van der Waals surface area contributed by atoms with Crippen LogP contribution in [-0.4, -0.2) is 38.8 Å². The van der Waals surface area contributed by atoms with Gasteiger partial charge in [-0.25, -0.2) is 23.4 Å². The normalized spacial score (nSPS) is 19.7. The van der Waals surface area contributed by atoms with E-state index in [9.17, 15) is 8.42 Å². The minimum atomic E-state index is -3.62. The molecule has 1 aliphatic rings. The predicted molar refractivity (Wildman–Crippen MR) is 80.6 cm³/mol. The molecule has 8 heteroatoms. The molecule has 0 amide bonds. The third-order valence-electron chi connectivity index (χ3n) is 3.76. The number of rotatable bonds is 3. The zero-order valence-electron chi connectivity index (χ0n) is 12.9. The van der Waals surface area contributed by atoms with Crippen molar-refractivity contribution in [2.75, 3.05) is 6.54 Å². The summed E-state index contributed by atoms with van der Waals surface area (Å²) < 4.78 is 28.7. The first-order valence-electron chi connectivity index (χ1n) is 7.20. The molecule has 0 aliphatic carbocycles. The van der Waals surface area contributed by atoms with Crippen LogP contribution in [-0.2, 0) is 17.1 Å². The molecule has 7 nitrogen and oxygen atoms in total. The van der Waals surface area contributed by atoms with E-state index in [4.69, 9.17) is 0 Å². The number of imidazole rings is 1. The summed E-state index contributed by atoms with van der Waals surface area (Å²) in [6, 6.07) is 1.57. The molecular weight excluding hydrogens is 302 g/mol. The van der Waals surface area contributed by atoms with Gasteiger partial charge in [0, 0.05) is 31.2 Å². The van der Waals surface area contributed by atoms with Crippen molar-refractivity contribution in [2.45, 2.75) is 37.8 Å². The second-order valence-corrected chi connectivity index (χ2v) is 7.50. The summed E-state index contributed by atoms with van der Waals surface area (Å²) in [5.74, 6) is 0.578. The van der Waals surface area contributed by atoms with Crippen molar-refractivity contribution in [1.82, 2.24) is 23.8 Å². The van der Waals surface area contributed by atoms with Crippen molar-refractivity contribution < 1.29 is 8.42 Å². The Morgan fingerprint density at radius 3 is 2.50 bits per heavy atom. The fourth-order valence-corrected chi connectivity index (χ4v) is 4.45. The number of nitrogens with zero attached hydrogens (tertiary/aromatic N) is 5. The zero-order valence-corrected chi connectivity index (χ0v) is 13.7. The second kappa shape index (κ2) is 5.44. The SMILES string of the molecule is Cc1cc(C)nc([C@@H]2CCCN2S(=O)(=O)c2cn(C)cn2)n1. The first-order valence-corrected chi connectivity index (χ1v) is 8.64. The molecule has 2 aromatic heterocycles. The first kappa shape index (κ1) is 15.1. The molecule has 0 N–H and O–H groups in total. The molecule has 0 unspecified atom stereocenters. The third kappa shape index (κ3) is 2.64. The van der Waals surface area contributed by atoms with Crippen molar-refractivity contribution in [3.8, 4) is 0 Å². The maximum Gasteiger partial charge on any atom is 0.262 e. The van der Waals surface area contributed by atoms with Crippen LogP contribution in [0, 0.1) is 13.8 Å². The lowest BCUT2D eigenvalue weighted by Crippen LogP contribution is -2.32.